The lowest BCUT2D eigenvalue weighted by Crippen LogP contribution is -1.92. The molecule has 1 aromatic carbocycles. The van der Waals surface area contributed by atoms with Gasteiger partial charge < -0.3 is 0 Å². The van der Waals surface area contributed by atoms with E-state index >= 15 is 0 Å². The molecule has 0 bridgehead atoms. The summed E-state index contributed by atoms with van der Waals surface area (Å²) in [6.45, 7) is 0. The SMILES string of the molecule is ClCc1c(-c2ccncc2)cccc1-c1cccnc1. The van der Waals surface area contributed by atoms with Crippen molar-refractivity contribution in [3.63, 3.8) is 0 Å². The van der Waals surface area contributed by atoms with E-state index in [1.54, 1.807) is 18.6 Å². The summed E-state index contributed by atoms with van der Waals surface area (Å²) in [4.78, 5) is 8.25. The zero-order chi connectivity index (χ0) is 13.8. The average Bonchev–Trinajstić information content (AvgIpc) is 2.55. The maximum Gasteiger partial charge on any atom is 0.0486 e. The van der Waals surface area contributed by atoms with Gasteiger partial charge in [0.2, 0.25) is 0 Å². The second-order valence-corrected chi connectivity index (χ2v) is 4.71. The van der Waals surface area contributed by atoms with Gasteiger partial charge in [-0.15, -0.1) is 11.6 Å². The highest BCUT2D eigenvalue weighted by Gasteiger charge is 2.10. The molecule has 0 N–H and O–H groups in total. The van der Waals surface area contributed by atoms with Crippen molar-refractivity contribution in [2.24, 2.45) is 0 Å². The highest BCUT2D eigenvalue weighted by Crippen LogP contribution is 2.32. The Balaban J connectivity index is 2.19. The quantitative estimate of drug-likeness (QED) is 0.658. The first-order valence-electron chi connectivity index (χ1n) is 6.39. The number of benzene rings is 1. The minimum Gasteiger partial charge on any atom is -0.265 e. The fourth-order valence-corrected chi connectivity index (χ4v) is 2.61. The van der Waals surface area contributed by atoms with E-state index in [-0.39, 0.29) is 0 Å². The first-order chi connectivity index (χ1) is 9.90. The molecule has 0 saturated heterocycles. The zero-order valence-electron chi connectivity index (χ0n) is 10.8. The van der Waals surface area contributed by atoms with Crippen molar-refractivity contribution in [1.82, 2.24) is 9.97 Å². The van der Waals surface area contributed by atoms with Crippen LogP contribution < -0.4 is 0 Å². The van der Waals surface area contributed by atoms with Crippen LogP contribution in [0, 0.1) is 0 Å². The fraction of sp³-hybridized carbons (Fsp3) is 0.0588. The van der Waals surface area contributed by atoms with E-state index in [9.17, 15) is 0 Å². The summed E-state index contributed by atoms with van der Waals surface area (Å²) >= 11 is 6.20. The summed E-state index contributed by atoms with van der Waals surface area (Å²) in [7, 11) is 0. The van der Waals surface area contributed by atoms with Crippen LogP contribution in [-0.2, 0) is 5.88 Å². The largest absolute Gasteiger partial charge is 0.265 e. The minimum absolute atomic E-state index is 0.461. The lowest BCUT2D eigenvalue weighted by atomic mass is 9.94. The summed E-state index contributed by atoms with van der Waals surface area (Å²) in [6, 6.07) is 14.2. The van der Waals surface area contributed by atoms with Gasteiger partial charge >= 0.3 is 0 Å². The van der Waals surface area contributed by atoms with Gasteiger partial charge in [0.1, 0.15) is 0 Å². The van der Waals surface area contributed by atoms with Gasteiger partial charge in [0.05, 0.1) is 0 Å². The number of aromatic nitrogens is 2. The Kier molecular flexibility index (Phi) is 3.75. The van der Waals surface area contributed by atoms with Crippen molar-refractivity contribution in [2.75, 3.05) is 0 Å². The Morgan fingerprint density at radius 1 is 0.750 bits per heavy atom. The summed E-state index contributed by atoms with van der Waals surface area (Å²) in [5.74, 6) is 0.461. The predicted molar refractivity (Wildman–Crippen MR) is 82.5 cm³/mol. The Labute approximate surface area is 123 Å². The maximum atomic E-state index is 6.20. The van der Waals surface area contributed by atoms with Gasteiger partial charge in [-0.1, -0.05) is 24.3 Å². The van der Waals surface area contributed by atoms with Crippen molar-refractivity contribution >= 4 is 11.6 Å². The molecule has 98 valence electrons. The van der Waals surface area contributed by atoms with Crippen LogP contribution in [-0.4, -0.2) is 9.97 Å². The molecule has 0 aliphatic heterocycles. The molecule has 20 heavy (non-hydrogen) atoms. The summed E-state index contributed by atoms with van der Waals surface area (Å²) < 4.78 is 0. The number of rotatable bonds is 3. The van der Waals surface area contributed by atoms with Gasteiger partial charge in [0.25, 0.3) is 0 Å². The maximum absolute atomic E-state index is 6.20. The number of pyridine rings is 2. The van der Waals surface area contributed by atoms with Crippen molar-refractivity contribution in [3.8, 4) is 22.3 Å². The second kappa shape index (κ2) is 5.85. The molecule has 0 amide bonds. The number of hydrogen-bond donors (Lipinski definition) is 0. The number of nitrogens with zero attached hydrogens (tertiary/aromatic N) is 2. The Hall–Kier alpha value is -2.19. The van der Waals surface area contributed by atoms with Crippen molar-refractivity contribution in [3.05, 3.63) is 72.8 Å². The Bertz CT molecular complexity index is 639. The average molecular weight is 281 g/mol. The monoisotopic (exact) mass is 280 g/mol. The molecule has 0 aliphatic carbocycles. The lowest BCUT2D eigenvalue weighted by Gasteiger charge is -2.13. The standard InChI is InChI=1S/C17H13ClN2/c18-11-17-15(13-6-9-19-10-7-13)4-1-5-16(17)14-3-2-8-20-12-14/h1-10,12H,11H2. The second-order valence-electron chi connectivity index (χ2n) is 4.44. The van der Waals surface area contributed by atoms with Gasteiger partial charge in [0, 0.05) is 36.2 Å². The van der Waals surface area contributed by atoms with Gasteiger partial charge in [0.15, 0.2) is 0 Å². The molecule has 3 heteroatoms. The van der Waals surface area contributed by atoms with E-state index in [0.717, 1.165) is 27.8 Å². The van der Waals surface area contributed by atoms with Gasteiger partial charge in [-0.2, -0.15) is 0 Å². The Morgan fingerprint density at radius 3 is 2.15 bits per heavy atom. The van der Waals surface area contributed by atoms with E-state index in [2.05, 4.69) is 28.2 Å². The van der Waals surface area contributed by atoms with Crippen LogP contribution in [0.4, 0.5) is 0 Å². The molecule has 3 rings (SSSR count). The van der Waals surface area contributed by atoms with E-state index in [1.165, 1.54) is 0 Å². The van der Waals surface area contributed by atoms with Crippen molar-refractivity contribution in [1.29, 1.82) is 0 Å². The third-order valence-corrected chi connectivity index (χ3v) is 3.54. The fourth-order valence-electron chi connectivity index (χ4n) is 2.33. The summed E-state index contributed by atoms with van der Waals surface area (Å²) in [5.41, 5.74) is 5.60. The van der Waals surface area contributed by atoms with Crippen LogP contribution in [0.3, 0.4) is 0 Å². The van der Waals surface area contributed by atoms with Crippen LogP contribution in [0.5, 0.6) is 0 Å². The molecule has 0 unspecified atom stereocenters. The van der Waals surface area contributed by atoms with E-state index in [0.29, 0.717) is 5.88 Å². The molecular weight excluding hydrogens is 268 g/mol. The van der Waals surface area contributed by atoms with Crippen LogP contribution in [0.1, 0.15) is 5.56 Å². The molecule has 0 radical (unpaired) electrons. The summed E-state index contributed by atoms with van der Waals surface area (Å²) in [5, 5.41) is 0. The first kappa shape index (κ1) is 12.8. The van der Waals surface area contributed by atoms with Gasteiger partial charge in [-0.05, 0) is 40.5 Å². The molecule has 0 fully saturated rings. The highest BCUT2D eigenvalue weighted by atomic mass is 35.5. The first-order valence-corrected chi connectivity index (χ1v) is 6.92. The zero-order valence-corrected chi connectivity index (χ0v) is 11.6. The van der Waals surface area contributed by atoms with Crippen molar-refractivity contribution < 1.29 is 0 Å². The van der Waals surface area contributed by atoms with Crippen LogP contribution in [0.25, 0.3) is 22.3 Å². The Morgan fingerprint density at radius 2 is 1.50 bits per heavy atom. The van der Waals surface area contributed by atoms with E-state index in [1.807, 2.05) is 30.5 Å². The molecule has 0 spiro atoms. The summed E-state index contributed by atoms with van der Waals surface area (Å²) in [6.07, 6.45) is 7.23. The van der Waals surface area contributed by atoms with E-state index in [4.69, 9.17) is 11.6 Å². The molecule has 0 atom stereocenters. The number of halogens is 1. The number of hydrogen-bond acceptors (Lipinski definition) is 2. The topological polar surface area (TPSA) is 25.8 Å². The third-order valence-electron chi connectivity index (χ3n) is 3.27. The highest BCUT2D eigenvalue weighted by molar-refractivity contribution is 6.18. The van der Waals surface area contributed by atoms with Crippen LogP contribution in [0.15, 0.2) is 67.3 Å². The molecule has 2 heterocycles. The normalized spacial score (nSPS) is 10.4. The molecule has 2 nitrogen and oxygen atoms in total. The van der Waals surface area contributed by atoms with Crippen LogP contribution >= 0.6 is 11.6 Å². The lowest BCUT2D eigenvalue weighted by molar-refractivity contribution is 1.30. The molecule has 2 aromatic heterocycles. The smallest absolute Gasteiger partial charge is 0.0486 e. The molecular formula is C17H13ClN2. The van der Waals surface area contributed by atoms with Gasteiger partial charge in [-0.25, -0.2) is 0 Å². The van der Waals surface area contributed by atoms with Crippen molar-refractivity contribution in [2.45, 2.75) is 5.88 Å². The van der Waals surface area contributed by atoms with E-state index < -0.39 is 0 Å². The number of alkyl halides is 1. The minimum atomic E-state index is 0.461. The third kappa shape index (κ3) is 2.43. The molecule has 3 aromatic rings. The molecule has 0 saturated carbocycles. The molecule has 0 aliphatic rings. The van der Waals surface area contributed by atoms with Crippen LogP contribution in [0.2, 0.25) is 0 Å². The predicted octanol–water partition coefficient (Wildman–Crippen LogP) is 4.55. The van der Waals surface area contributed by atoms with Gasteiger partial charge in [-0.3, -0.25) is 9.97 Å².